The summed E-state index contributed by atoms with van der Waals surface area (Å²) in [6, 6.07) is 13.0. The number of phenols is 1. The fraction of sp³-hybridized carbons (Fsp3) is 0.143. The maximum absolute atomic E-state index is 12.7. The highest BCUT2D eigenvalue weighted by Crippen LogP contribution is 2.13. The van der Waals surface area contributed by atoms with Crippen molar-refractivity contribution >= 4 is 23.6 Å². The van der Waals surface area contributed by atoms with E-state index in [1.165, 1.54) is 12.1 Å². The molecular formula is C21H19NO7. The van der Waals surface area contributed by atoms with E-state index in [-0.39, 0.29) is 12.2 Å². The highest BCUT2D eigenvalue weighted by Gasteiger charge is 2.23. The number of carbonyl (C=O) groups excluding carboxylic acids is 2. The molecule has 2 rings (SSSR count). The number of aromatic hydroxyl groups is 1. The number of nitrogens with one attached hydrogen (secondary N) is 1. The molecule has 0 aromatic heterocycles. The maximum Gasteiger partial charge on any atom is 0.332 e. The molecule has 0 saturated heterocycles. The highest BCUT2D eigenvalue weighted by molar-refractivity contribution is 6.05. The van der Waals surface area contributed by atoms with Crippen molar-refractivity contribution < 1.29 is 34.5 Å². The van der Waals surface area contributed by atoms with Crippen molar-refractivity contribution in [3.05, 3.63) is 77.4 Å². The fourth-order valence-electron chi connectivity index (χ4n) is 2.55. The number of hydrogen-bond acceptors (Lipinski definition) is 5. The molecule has 0 bridgehead atoms. The van der Waals surface area contributed by atoms with E-state index in [1.807, 2.05) is 0 Å². The lowest BCUT2D eigenvalue weighted by molar-refractivity contribution is -0.139. The van der Waals surface area contributed by atoms with Crippen molar-refractivity contribution in [2.24, 2.45) is 0 Å². The van der Waals surface area contributed by atoms with Gasteiger partial charge < -0.3 is 20.6 Å². The molecule has 0 fully saturated rings. The summed E-state index contributed by atoms with van der Waals surface area (Å²) < 4.78 is 0. The second kappa shape index (κ2) is 9.84. The van der Waals surface area contributed by atoms with Gasteiger partial charge in [-0.15, -0.1) is 0 Å². The van der Waals surface area contributed by atoms with Crippen LogP contribution >= 0.6 is 0 Å². The summed E-state index contributed by atoms with van der Waals surface area (Å²) in [5.74, 6) is -4.18. The number of hydrogen-bond donors (Lipinski definition) is 4. The van der Waals surface area contributed by atoms with Gasteiger partial charge in [-0.2, -0.15) is 0 Å². The van der Waals surface area contributed by atoms with Crippen molar-refractivity contribution in [2.75, 3.05) is 0 Å². The zero-order chi connectivity index (χ0) is 21.4. The van der Waals surface area contributed by atoms with Crippen LogP contribution in [0, 0.1) is 0 Å². The Balaban J connectivity index is 2.30. The van der Waals surface area contributed by atoms with E-state index in [4.69, 9.17) is 10.2 Å². The van der Waals surface area contributed by atoms with E-state index in [0.29, 0.717) is 11.1 Å². The summed E-state index contributed by atoms with van der Waals surface area (Å²) in [6.07, 6.45) is -0.0827. The number of amides is 1. The summed E-state index contributed by atoms with van der Waals surface area (Å²) in [5, 5.41) is 29.9. The van der Waals surface area contributed by atoms with Crippen LogP contribution in [0.4, 0.5) is 0 Å². The summed E-state index contributed by atoms with van der Waals surface area (Å²) in [5.41, 5.74) is 0.328. The summed E-state index contributed by atoms with van der Waals surface area (Å²) in [7, 11) is 0. The van der Waals surface area contributed by atoms with Crippen LogP contribution in [0.1, 0.15) is 22.3 Å². The van der Waals surface area contributed by atoms with E-state index in [0.717, 1.165) is 6.08 Å². The zero-order valence-corrected chi connectivity index (χ0v) is 15.2. The Kier molecular flexibility index (Phi) is 7.25. The molecule has 8 heteroatoms. The highest BCUT2D eigenvalue weighted by atomic mass is 16.4. The van der Waals surface area contributed by atoms with Gasteiger partial charge in [-0.05, 0) is 35.9 Å². The lowest BCUT2D eigenvalue weighted by atomic mass is 9.99. The predicted octanol–water partition coefficient (Wildman–Crippen LogP) is 1.79. The quantitative estimate of drug-likeness (QED) is 0.473. The molecule has 8 nitrogen and oxygen atoms in total. The van der Waals surface area contributed by atoms with Crippen molar-refractivity contribution in [3.8, 4) is 5.75 Å². The van der Waals surface area contributed by atoms with E-state index in [9.17, 15) is 24.3 Å². The van der Waals surface area contributed by atoms with Gasteiger partial charge in [-0.3, -0.25) is 14.4 Å². The van der Waals surface area contributed by atoms with Crippen LogP contribution in [-0.4, -0.2) is 45.0 Å². The molecule has 2 aromatic rings. The van der Waals surface area contributed by atoms with Gasteiger partial charge in [0.25, 0.3) is 5.91 Å². The lowest BCUT2D eigenvalue weighted by Crippen LogP contribution is -2.42. The third-order valence-electron chi connectivity index (χ3n) is 3.99. The van der Waals surface area contributed by atoms with Crippen molar-refractivity contribution in [2.45, 2.75) is 18.9 Å². The Morgan fingerprint density at radius 2 is 1.55 bits per heavy atom. The minimum atomic E-state index is -1.53. The van der Waals surface area contributed by atoms with Crippen LogP contribution in [0.5, 0.6) is 5.75 Å². The molecular weight excluding hydrogens is 378 g/mol. The molecule has 0 aliphatic rings. The molecule has 150 valence electrons. The zero-order valence-electron chi connectivity index (χ0n) is 15.2. The van der Waals surface area contributed by atoms with Gasteiger partial charge >= 0.3 is 11.9 Å². The van der Waals surface area contributed by atoms with Gasteiger partial charge in [-0.1, -0.05) is 30.3 Å². The lowest BCUT2D eigenvalue weighted by Gasteiger charge is -2.17. The summed E-state index contributed by atoms with van der Waals surface area (Å²) in [4.78, 5) is 47.2. The first kappa shape index (κ1) is 21.4. The first-order valence-electron chi connectivity index (χ1n) is 8.59. The fourth-order valence-corrected chi connectivity index (χ4v) is 2.55. The van der Waals surface area contributed by atoms with Crippen LogP contribution in [0.25, 0.3) is 0 Å². The van der Waals surface area contributed by atoms with Crippen molar-refractivity contribution in [3.63, 3.8) is 0 Å². The molecule has 0 aliphatic carbocycles. The minimum Gasteiger partial charge on any atom is -0.508 e. The first-order valence-corrected chi connectivity index (χ1v) is 8.59. The first-order chi connectivity index (χ1) is 13.8. The molecule has 1 atom stereocenters. The number of carboxylic acids is 2. The van der Waals surface area contributed by atoms with Crippen LogP contribution < -0.4 is 5.32 Å². The summed E-state index contributed by atoms with van der Waals surface area (Å²) in [6.45, 7) is 0. The van der Waals surface area contributed by atoms with Gasteiger partial charge in [0.2, 0.25) is 0 Å². The minimum absolute atomic E-state index is 0.0220. The molecule has 2 aromatic carbocycles. The number of aliphatic carboxylic acids is 2. The monoisotopic (exact) mass is 397 g/mol. The number of carbonyl (C=O) groups is 4. The van der Waals surface area contributed by atoms with Crippen LogP contribution in [0.3, 0.4) is 0 Å². The third kappa shape index (κ3) is 6.62. The topological polar surface area (TPSA) is 141 Å². The van der Waals surface area contributed by atoms with Crippen molar-refractivity contribution in [1.82, 2.24) is 5.32 Å². The van der Waals surface area contributed by atoms with Gasteiger partial charge in [0.15, 0.2) is 5.78 Å². The number of ketones is 1. The smallest absolute Gasteiger partial charge is 0.332 e. The second-order valence-electron chi connectivity index (χ2n) is 6.21. The van der Waals surface area contributed by atoms with Crippen LogP contribution in [0.2, 0.25) is 0 Å². The molecule has 1 amide bonds. The van der Waals surface area contributed by atoms with Crippen LogP contribution in [0.15, 0.2) is 66.2 Å². The molecule has 0 saturated carbocycles. The Morgan fingerprint density at radius 1 is 0.931 bits per heavy atom. The number of benzene rings is 2. The Hall–Kier alpha value is -3.94. The second-order valence-corrected chi connectivity index (χ2v) is 6.21. The summed E-state index contributed by atoms with van der Waals surface area (Å²) >= 11 is 0. The van der Waals surface area contributed by atoms with E-state index >= 15 is 0 Å². The maximum atomic E-state index is 12.7. The number of phenolic OH excluding ortho intramolecular Hbond substituents is 1. The number of carboxylic acid groups (broad SMARTS) is 2. The normalized spacial score (nSPS) is 12.1. The molecule has 4 N–H and O–H groups in total. The SMILES string of the molecule is O=C(O)CC(=CC(=O)[C@H](Cc1ccc(O)cc1)NC(=O)c1ccccc1)C(=O)O. The standard InChI is InChI=1S/C21H19NO7/c23-16-8-6-13(7-9-16)10-17(22-20(27)14-4-2-1-3-5-14)18(24)11-15(21(28)29)12-19(25)26/h1-9,11,17,23H,10,12H2,(H,22,27)(H,25,26)(H,28,29)/t17-/m0/s1. The van der Waals surface area contributed by atoms with E-state index in [2.05, 4.69) is 5.32 Å². The Bertz CT molecular complexity index is 933. The van der Waals surface area contributed by atoms with Gasteiger partial charge in [0.05, 0.1) is 18.0 Å². The van der Waals surface area contributed by atoms with E-state index in [1.54, 1.807) is 42.5 Å². The molecule has 0 radical (unpaired) electrons. The van der Waals surface area contributed by atoms with Gasteiger partial charge in [0.1, 0.15) is 5.75 Å². The Morgan fingerprint density at radius 3 is 2.10 bits per heavy atom. The largest absolute Gasteiger partial charge is 0.508 e. The Labute approximate surface area is 166 Å². The third-order valence-corrected chi connectivity index (χ3v) is 3.99. The van der Waals surface area contributed by atoms with Gasteiger partial charge in [0, 0.05) is 12.0 Å². The average molecular weight is 397 g/mol. The molecule has 0 aliphatic heterocycles. The molecule has 0 unspecified atom stereocenters. The predicted molar refractivity (Wildman–Crippen MR) is 102 cm³/mol. The molecule has 0 spiro atoms. The van der Waals surface area contributed by atoms with Crippen LogP contribution in [-0.2, 0) is 20.8 Å². The van der Waals surface area contributed by atoms with E-state index < -0.39 is 41.7 Å². The number of rotatable bonds is 9. The van der Waals surface area contributed by atoms with Gasteiger partial charge in [-0.25, -0.2) is 4.79 Å². The average Bonchev–Trinajstić information content (AvgIpc) is 2.68. The van der Waals surface area contributed by atoms with Crippen molar-refractivity contribution in [1.29, 1.82) is 0 Å². The molecule has 29 heavy (non-hydrogen) atoms. The molecule has 0 heterocycles.